The number of methoxy groups -OCH3 is 1. The van der Waals surface area contributed by atoms with E-state index in [1.165, 1.54) is 12.0 Å². The van der Waals surface area contributed by atoms with Crippen molar-refractivity contribution in [3.05, 3.63) is 11.3 Å². The van der Waals surface area contributed by atoms with Crippen LogP contribution in [0.2, 0.25) is 0 Å². The Morgan fingerprint density at radius 2 is 2.45 bits per heavy atom. The van der Waals surface area contributed by atoms with Crippen LogP contribution in [0.5, 0.6) is 0 Å². The maximum absolute atomic E-state index is 11.2. The van der Waals surface area contributed by atoms with Crippen LogP contribution in [0.4, 0.5) is 10.7 Å². The molecule has 0 saturated heterocycles. The lowest BCUT2D eigenvalue weighted by Crippen LogP contribution is -2.41. The summed E-state index contributed by atoms with van der Waals surface area (Å²) in [5.41, 5.74) is 1.49. The monoisotopic (exact) mass is 285 g/mol. The van der Waals surface area contributed by atoms with E-state index in [2.05, 4.69) is 10.5 Å². The van der Waals surface area contributed by atoms with E-state index in [9.17, 15) is 9.90 Å². The van der Waals surface area contributed by atoms with Gasteiger partial charge < -0.3 is 29.7 Å². The van der Waals surface area contributed by atoms with Crippen LogP contribution in [0.1, 0.15) is 18.2 Å². The highest BCUT2D eigenvalue weighted by atomic mass is 16.5. The zero-order valence-electron chi connectivity index (χ0n) is 11.5. The van der Waals surface area contributed by atoms with Crippen LogP contribution in [-0.4, -0.2) is 58.8 Å². The Morgan fingerprint density at radius 3 is 3.10 bits per heavy atom. The Balaban J connectivity index is 2.06. The second kappa shape index (κ2) is 6.10. The molecule has 8 heteroatoms. The number of nitrogens with one attached hydrogen (secondary N) is 1. The van der Waals surface area contributed by atoms with Gasteiger partial charge in [-0.05, 0) is 6.92 Å². The predicted molar refractivity (Wildman–Crippen MR) is 69.6 cm³/mol. The molecule has 1 aromatic heterocycles. The van der Waals surface area contributed by atoms with Gasteiger partial charge in [0.05, 0.1) is 30.5 Å². The number of aliphatic hydroxyl groups excluding tert-OH is 1. The van der Waals surface area contributed by atoms with Gasteiger partial charge in [-0.2, -0.15) is 0 Å². The number of aromatic nitrogens is 1. The molecule has 1 aliphatic rings. The molecule has 2 atom stereocenters. The summed E-state index contributed by atoms with van der Waals surface area (Å²) in [6.45, 7) is 2.53. The topological polar surface area (TPSA) is 108 Å². The fraction of sp³-hybridized carbons (Fsp3) is 0.667. The summed E-state index contributed by atoms with van der Waals surface area (Å²) in [6, 6.07) is -0.128. The first kappa shape index (κ1) is 14.6. The van der Waals surface area contributed by atoms with Crippen molar-refractivity contribution in [2.45, 2.75) is 32.0 Å². The van der Waals surface area contributed by atoms with Gasteiger partial charge in [0.15, 0.2) is 0 Å². The van der Waals surface area contributed by atoms with E-state index < -0.39 is 12.2 Å². The van der Waals surface area contributed by atoms with Crippen molar-refractivity contribution in [3.8, 4) is 0 Å². The molecular weight excluding hydrogens is 266 g/mol. The summed E-state index contributed by atoms with van der Waals surface area (Å²) in [4.78, 5) is 12.5. The highest BCUT2D eigenvalue weighted by Gasteiger charge is 2.31. The predicted octanol–water partition coefficient (Wildman–Crippen LogP) is 0.518. The standard InChI is InChI=1S/C12H19N3O5/c1-7-3-10-9(5-15(7)12(17)18)11(20-14-10)13-4-8(16)6-19-2/h7-8,13,16H,3-6H2,1-2H3,(H,17,18)/t7-,8?/m0/s1. The normalized spacial score (nSPS) is 19.6. The van der Waals surface area contributed by atoms with Crippen LogP contribution < -0.4 is 5.32 Å². The Labute approximate surface area is 116 Å². The first-order chi connectivity index (χ1) is 9.52. The van der Waals surface area contributed by atoms with E-state index >= 15 is 0 Å². The molecule has 8 nitrogen and oxygen atoms in total. The molecular formula is C12H19N3O5. The van der Waals surface area contributed by atoms with Crippen molar-refractivity contribution in [2.24, 2.45) is 0 Å². The van der Waals surface area contributed by atoms with Crippen molar-refractivity contribution in [1.82, 2.24) is 10.1 Å². The summed E-state index contributed by atoms with van der Waals surface area (Å²) < 4.78 is 10.0. The second-order valence-corrected chi connectivity index (χ2v) is 4.89. The summed E-state index contributed by atoms with van der Waals surface area (Å²) >= 11 is 0. The molecule has 0 fully saturated rings. The van der Waals surface area contributed by atoms with Crippen molar-refractivity contribution < 1.29 is 24.3 Å². The molecule has 2 heterocycles. The Hall–Kier alpha value is -1.80. The largest absolute Gasteiger partial charge is 0.465 e. The number of hydrogen-bond acceptors (Lipinski definition) is 6. The highest BCUT2D eigenvalue weighted by molar-refractivity contribution is 5.66. The van der Waals surface area contributed by atoms with Gasteiger partial charge in [-0.3, -0.25) is 0 Å². The molecule has 0 saturated carbocycles. The maximum atomic E-state index is 11.2. The molecule has 0 spiro atoms. The van der Waals surface area contributed by atoms with Gasteiger partial charge in [-0.15, -0.1) is 0 Å². The van der Waals surface area contributed by atoms with Crippen LogP contribution in [0.15, 0.2) is 4.52 Å². The summed E-state index contributed by atoms with van der Waals surface area (Å²) in [7, 11) is 1.51. The van der Waals surface area contributed by atoms with Crippen molar-refractivity contribution >= 4 is 12.0 Å². The molecule has 3 N–H and O–H groups in total. The number of carboxylic acid groups (broad SMARTS) is 1. The number of amides is 1. The molecule has 112 valence electrons. The summed E-state index contributed by atoms with van der Waals surface area (Å²) in [5.74, 6) is 0.410. The van der Waals surface area contributed by atoms with Gasteiger partial charge in [0.25, 0.3) is 0 Å². The first-order valence-corrected chi connectivity index (χ1v) is 6.40. The average Bonchev–Trinajstić information content (AvgIpc) is 2.77. The SMILES string of the molecule is COCC(O)CNc1onc2c1CN(C(=O)O)[C@@H](C)C2. The lowest BCUT2D eigenvalue weighted by atomic mass is 10.0. The molecule has 1 amide bonds. The lowest BCUT2D eigenvalue weighted by molar-refractivity contribution is 0.0724. The molecule has 0 radical (unpaired) electrons. The molecule has 0 aromatic carbocycles. The third-order valence-corrected chi connectivity index (χ3v) is 3.32. The minimum absolute atomic E-state index is 0.128. The molecule has 1 aliphatic heterocycles. The number of aliphatic hydroxyl groups is 1. The molecule has 1 aromatic rings. The van der Waals surface area contributed by atoms with Crippen LogP contribution in [0.25, 0.3) is 0 Å². The van der Waals surface area contributed by atoms with E-state index in [0.717, 1.165) is 11.3 Å². The van der Waals surface area contributed by atoms with Gasteiger partial charge in [0.1, 0.15) is 0 Å². The molecule has 2 rings (SSSR count). The molecule has 0 bridgehead atoms. The second-order valence-electron chi connectivity index (χ2n) is 4.89. The molecule has 20 heavy (non-hydrogen) atoms. The van der Waals surface area contributed by atoms with E-state index in [-0.39, 0.29) is 25.7 Å². The first-order valence-electron chi connectivity index (χ1n) is 6.40. The third kappa shape index (κ3) is 3.02. The number of nitrogens with zero attached hydrogens (tertiary/aromatic N) is 2. The van der Waals surface area contributed by atoms with Crippen LogP contribution in [0, 0.1) is 0 Å². The van der Waals surface area contributed by atoms with Gasteiger partial charge >= 0.3 is 6.09 Å². The van der Waals surface area contributed by atoms with Gasteiger partial charge in [0, 0.05) is 26.1 Å². The zero-order chi connectivity index (χ0) is 14.7. The van der Waals surface area contributed by atoms with E-state index in [4.69, 9.17) is 14.4 Å². The van der Waals surface area contributed by atoms with Crippen molar-refractivity contribution in [3.63, 3.8) is 0 Å². The minimum atomic E-state index is -0.963. The average molecular weight is 285 g/mol. The smallest absolute Gasteiger partial charge is 0.407 e. The number of rotatable bonds is 5. The molecule has 1 unspecified atom stereocenters. The van der Waals surface area contributed by atoms with Crippen molar-refractivity contribution in [1.29, 1.82) is 0 Å². The summed E-state index contributed by atoms with van der Waals surface area (Å²) in [5, 5.41) is 25.6. The van der Waals surface area contributed by atoms with Crippen LogP contribution in [-0.2, 0) is 17.7 Å². The van der Waals surface area contributed by atoms with E-state index in [1.54, 1.807) is 0 Å². The van der Waals surface area contributed by atoms with Crippen molar-refractivity contribution in [2.75, 3.05) is 25.6 Å². The number of hydrogen-bond donors (Lipinski definition) is 3. The number of anilines is 1. The van der Waals surface area contributed by atoms with Gasteiger partial charge in [0.2, 0.25) is 5.88 Å². The lowest BCUT2D eigenvalue weighted by Gasteiger charge is -2.30. The highest BCUT2D eigenvalue weighted by Crippen LogP contribution is 2.28. The van der Waals surface area contributed by atoms with E-state index in [1.807, 2.05) is 6.92 Å². The van der Waals surface area contributed by atoms with E-state index in [0.29, 0.717) is 12.3 Å². The van der Waals surface area contributed by atoms with Gasteiger partial charge in [-0.25, -0.2) is 4.79 Å². The Bertz CT molecular complexity index is 476. The number of fused-ring (bicyclic) bond motifs is 1. The van der Waals surface area contributed by atoms with Crippen LogP contribution in [0.3, 0.4) is 0 Å². The number of ether oxygens (including phenoxy) is 1. The number of carbonyl (C=O) groups is 1. The minimum Gasteiger partial charge on any atom is -0.465 e. The Kier molecular flexibility index (Phi) is 4.46. The van der Waals surface area contributed by atoms with Crippen LogP contribution >= 0.6 is 0 Å². The van der Waals surface area contributed by atoms with Gasteiger partial charge in [-0.1, -0.05) is 5.16 Å². The Morgan fingerprint density at radius 1 is 1.70 bits per heavy atom. The maximum Gasteiger partial charge on any atom is 0.407 e. The third-order valence-electron chi connectivity index (χ3n) is 3.32. The fourth-order valence-corrected chi connectivity index (χ4v) is 2.24. The summed E-state index contributed by atoms with van der Waals surface area (Å²) in [6.07, 6.45) is -1.11. The zero-order valence-corrected chi connectivity index (χ0v) is 11.5. The quantitative estimate of drug-likeness (QED) is 0.723. The molecule has 0 aliphatic carbocycles. The fourth-order valence-electron chi connectivity index (χ4n) is 2.24.